The summed E-state index contributed by atoms with van der Waals surface area (Å²) in [4.78, 5) is 19.3. The number of halogens is 4. The molecule has 4 rings (SSSR count). The molecule has 3 aromatic rings. The van der Waals surface area contributed by atoms with Crippen LogP contribution in [0.2, 0.25) is 0 Å². The molecule has 2 N–H and O–H groups in total. The van der Waals surface area contributed by atoms with Gasteiger partial charge in [-0.25, -0.2) is 9.38 Å². The van der Waals surface area contributed by atoms with Crippen LogP contribution in [0, 0.1) is 5.82 Å². The van der Waals surface area contributed by atoms with Gasteiger partial charge in [-0.05, 0) is 72.1 Å². The summed E-state index contributed by atoms with van der Waals surface area (Å²) in [5, 5.41) is 13.3. The maximum atomic E-state index is 13.2. The Hall–Kier alpha value is -3.72. The van der Waals surface area contributed by atoms with Crippen LogP contribution in [0.15, 0.2) is 71.7 Å². The lowest BCUT2D eigenvalue weighted by Gasteiger charge is -2.20. The van der Waals surface area contributed by atoms with Crippen molar-refractivity contribution in [2.75, 3.05) is 7.05 Å². The number of hydrogen-bond acceptors (Lipinski definition) is 3. The monoisotopic (exact) mass is 499 g/mol. The number of hydrogen-bond donors (Lipinski definition) is 2. The van der Waals surface area contributed by atoms with Gasteiger partial charge in [-0.15, -0.1) is 0 Å². The number of alkyl halides is 3. The quantitative estimate of drug-likeness (QED) is 0.280. The molecule has 3 aromatic carbocycles. The van der Waals surface area contributed by atoms with Crippen LogP contribution in [-0.2, 0) is 19.1 Å². The topological polar surface area (TPSA) is 64.9 Å². The Labute approximate surface area is 206 Å². The number of fused-ring (bicyclic) bond motifs is 1. The summed E-state index contributed by atoms with van der Waals surface area (Å²) in [6, 6.07) is 14.9. The third-order valence-electron chi connectivity index (χ3n) is 6.22. The van der Waals surface area contributed by atoms with Gasteiger partial charge in [0.25, 0.3) is 5.91 Å². The predicted molar refractivity (Wildman–Crippen MR) is 128 cm³/mol. The number of carbonyl (C=O) groups is 1. The van der Waals surface area contributed by atoms with E-state index in [1.165, 1.54) is 12.1 Å². The standard InChI is InChI=1S/C27H25F4N3O2/c1-16(34(2)15-17-3-10-21(28)11-4-17)32-22-12-7-19-13-24(35)25(23(19)14-22)33-26(36)18-5-8-20(9-6-18)27(29,30)31/h3-12,14,24-25,35H,13,15H2,1-2H3,(H,33,36)/t24-,25-/m1/s1. The normalized spacial score (nSPS) is 17.6. The lowest BCUT2D eigenvalue weighted by molar-refractivity contribution is -0.137. The molecule has 0 saturated heterocycles. The van der Waals surface area contributed by atoms with E-state index in [9.17, 15) is 27.5 Å². The zero-order chi connectivity index (χ0) is 26.0. The van der Waals surface area contributed by atoms with E-state index >= 15 is 0 Å². The molecule has 9 heteroatoms. The van der Waals surface area contributed by atoms with Gasteiger partial charge in [0.2, 0.25) is 0 Å². The highest BCUT2D eigenvalue weighted by Crippen LogP contribution is 2.35. The third-order valence-corrected chi connectivity index (χ3v) is 6.22. The van der Waals surface area contributed by atoms with E-state index in [2.05, 4.69) is 10.3 Å². The van der Waals surface area contributed by atoms with Crippen molar-refractivity contribution in [1.82, 2.24) is 10.2 Å². The van der Waals surface area contributed by atoms with Gasteiger partial charge in [-0.1, -0.05) is 18.2 Å². The number of aliphatic hydroxyl groups excluding tert-OH is 1. The molecule has 0 aromatic heterocycles. The van der Waals surface area contributed by atoms with Crippen molar-refractivity contribution >= 4 is 17.4 Å². The molecule has 0 bridgehead atoms. The van der Waals surface area contributed by atoms with Crippen molar-refractivity contribution in [2.45, 2.75) is 38.2 Å². The highest BCUT2D eigenvalue weighted by atomic mass is 19.4. The van der Waals surface area contributed by atoms with Gasteiger partial charge < -0.3 is 15.3 Å². The second kappa shape index (κ2) is 10.1. The maximum Gasteiger partial charge on any atom is 0.416 e. The van der Waals surface area contributed by atoms with Gasteiger partial charge in [0.05, 0.1) is 23.4 Å². The first kappa shape index (κ1) is 25.4. The Kier molecular flexibility index (Phi) is 7.12. The molecule has 0 unspecified atom stereocenters. The summed E-state index contributed by atoms with van der Waals surface area (Å²) in [7, 11) is 1.87. The van der Waals surface area contributed by atoms with E-state index in [4.69, 9.17) is 0 Å². The van der Waals surface area contributed by atoms with Crippen LogP contribution in [0.1, 0.15) is 45.6 Å². The number of amidine groups is 1. The number of rotatable bonds is 5. The van der Waals surface area contributed by atoms with Crippen molar-refractivity contribution in [2.24, 2.45) is 4.99 Å². The van der Waals surface area contributed by atoms with Crippen LogP contribution in [-0.4, -0.2) is 34.9 Å². The van der Waals surface area contributed by atoms with Crippen molar-refractivity contribution in [3.05, 3.63) is 100 Å². The molecule has 0 radical (unpaired) electrons. The van der Waals surface area contributed by atoms with Crippen LogP contribution in [0.25, 0.3) is 0 Å². The van der Waals surface area contributed by atoms with Gasteiger partial charge in [-0.2, -0.15) is 13.2 Å². The summed E-state index contributed by atoms with van der Waals surface area (Å²) in [5.41, 5.74) is 2.34. The Balaban J connectivity index is 1.49. The van der Waals surface area contributed by atoms with Crippen LogP contribution >= 0.6 is 0 Å². The molecule has 188 valence electrons. The minimum atomic E-state index is -4.49. The fourth-order valence-corrected chi connectivity index (χ4v) is 4.14. The summed E-state index contributed by atoms with van der Waals surface area (Å²) in [6.45, 7) is 2.38. The second-order valence-electron chi connectivity index (χ2n) is 8.82. The summed E-state index contributed by atoms with van der Waals surface area (Å²) in [5.74, 6) is -0.167. The summed E-state index contributed by atoms with van der Waals surface area (Å²) >= 11 is 0. The zero-order valence-electron chi connectivity index (χ0n) is 19.7. The molecule has 1 aliphatic rings. The number of benzene rings is 3. The molecule has 0 fully saturated rings. The van der Waals surface area contributed by atoms with Gasteiger partial charge in [-0.3, -0.25) is 4.79 Å². The smallest absolute Gasteiger partial charge is 0.390 e. The zero-order valence-corrected chi connectivity index (χ0v) is 19.7. The highest BCUT2D eigenvalue weighted by Gasteiger charge is 2.33. The molecule has 0 saturated carbocycles. The van der Waals surface area contributed by atoms with E-state index < -0.39 is 29.8 Å². The van der Waals surface area contributed by atoms with Crippen molar-refractivity contribution in [3.63, 3.8) is 0 Å². The minimum absolute atomic E-state index is 0.0658. The number of aliphatic hydroxyl groups is 1. The Morgan fingerprint density at radius 3 is 2.39 bits per heavy atom. The molecular formula is C27H25F4N3O2. The molecular weight excluding hydrogens is 474 g/mol. The second-order valence-corrected chi connectivity index (χ2v) is 8.82. The molecule has 0 spiro atoms. The molecule has 5 nitrogen and oxygen atoms in total. The lowest BCUT2D eigenvalue weighted by Crippen LogP contribution is -2.33. The Morgan fingerprint density at radius 1 is 1.08 bits per heavy atom. The summed E-state index contributed by atoms with van der Waals surface area (Å²) < 4.78 is 51.6. The van der Waals surface area contributed by atoms with Crippen LogP contribution in [0.3, 0.4) is 0 Å². The van der Waals surface area contributed by atoms with Crippen LogP contribution in [0.4, 0.5) is 23.2 Å². The maximum absolute atomic E-state index is 13.2. The van der Waals surface area contributed by atoms with Gasteiger partial charge in [0.1, 0.15) is 11.7 Å². The first-order chi connectivity index (χ1) is 17.0. The minimum Gasteiger partial charge on any atom is -0.390 e. The average Bonchev–Trinajstić information content (AvgIpc) is 3.14. The number of carbonyl (C=O) groups excluding carboxylic acids is 1. The number of nitrogens with one attached hydrogen (secondary N) is 1. The van der Waals surface area contributed by atoms with E-state index in [0.29, 0.717) is 30.1 Å². The fourth-order valence-electron chi connectivity index (χ4n) is 4.14. The number of nitrogens with zero attached hydrogens (tertiary/aromatic N) is 2. The Bertz CT molecular complexity index is 1270. The molecule has 0 heterocycles. The molecule has 0 aliphatic heterocycles. The van der Waals surface area contributed by atoms with Crippen LogP contribution in [0.5, 0.6) is 0 Å². The number of aliphatic imine (C=N–C) groups is 1. The molecule has 2 atom stereocenters. The van der Waals surface area contributed by atoms with Gasteiger partial charge in [0.15, 0.2) is 0 Å². The molecule has 1 aliphatic carbocycles. The highest BCUT2D eigenvalue weighted by molar-refractivity contribution is 5.94. The van der Waals surface area contributed by atoms with Gasteiger partial charge >= 0.3 is 6.18 Å². The fraction of sp³-hybridized carbons (Fsp3) is 0.259. The first-order valence-corrected chi connectivity index (χ1v) is 11.3. The predicted octanol–water partition coefficient (Wildman–Crippen LogP) is 5.41. The van der Waals surface area contributed by atoms with Gasteiger partial charge in [0, 0.05) is 25.6 Å². The van der Waals surface area contributed by atoms with E-state index in [0.717, 1.165) is 35.4 Å². The van der Waals surface area contributed by atoms with E-state index in [1.54, 1.807) is 18.2 Å². The largest absolute Gasteiger partial charge is 0.416 e. The Morgan fingerprint density at radius 2 is 1.75 bits per heavy atom. The third kappa shape index (κ3) is 5.73. The van der Waals surface area contributed by atoms with Crippen molar-refractivity contribution in [1.29, 1.82) is 0 Å². The molecule has 36 heavy (non-hydrogen) atoms. The average molecular weight is 500 g/mol. The van der Waals surface area contributed by atoms with Crippen molar-refractivity contribution in [3.8, 4) is 0 Å². The van der Waals surface area contributed by atoms with E-state index in [-0.39, 0.29) is 11.4 Å². The van der Waals surface area contributed by atoms with Crippen LogP contribution < -0.4 is 5.32 Å². The van der Waals surface area contributed by atoms with E-state index in [1.807, 2.05) is 31.0 Å². The SMILES string of the molecule is CC(=Nc1ccc2c(c1)[C@@H](NC(=O)c1ccc(C(F)(F)F)cc1)[C@H](O)C2)N(C)Cc1ccc(F)cc1. The first-order valence-electron chi connectivity index (χ1n) is 11.3. The number of amides is 1. The van der Waals surface area contributed by atoms with Crippen molar-refractivity contribution < 1.29 is 27.5 Å². The molecule has 1 amide bonds. The lowest BCUT2D eigenvalue weighted by atomic mass is 10.1. The summed E-state index contributed by atoms with van der Waals surface area (Å²) in [6.07, 6.45) is -5.03.